The summed E-state index contributed by atoms with van der Waals surface area (Å²) in [6, 6.07) is -0.927. The Labute approximate surface area is 402 Å². The van der Waals surface area contributed by atoms with Gasteiger partial charge in [-0.2, -0.15) is 0 Å². The SMILES string of the molecule is CC/C=C\C/C=C\C/C=C\C/C=C\CCC(=O)NC(COP(=O)([O-])OCC[N+](C)(C)C)C(O)/C=C/CCCCCCCCCCCCCCCCCCCCCCCCCCCCCC. The zero-order chi connectivity index (χ0) is 47.8. The maximum atomic E-state index is 12.8. The van der Waals surface area contributed by atoms with Gasteiger partial charge in [0.25, 0.3) is 7.82 Å². The highest BCUT2D eigenvalue weighted by atomic mass is 31.2. The van der Waals surface area contributed by atoms with Gasteiger partial charge in [-0.15, -0.1) is 0 Å². The molecule has 0 aliphatic rings. The molecule has 0 aromatic heterocycles. The van der Waals surface area contributed by atoms with E-state index in [9.17, 15) is 19.4 Å². The molecule has 0 aliphatic carbocycles. The van der Waals surface area contributed by atoms with E-state index in [4.69, 9.17) is 9.05 Å². The smallest absolute Gasteiger partial charge is 0.268 e. The average Bonchev–Trinajstić information content (AvgIpc) is 3.26. The molecule has 0 aromatic rings. The first-order valence-electron chi connectivity index (χ1n) is 27.2. The van der Waals surface area contributed by atoms with Gasteiger partial charge < -0.3 is 28.8 Å². The number of likely N-dealkylation sites (N-methyl/N-ethyl adjacent to an activating group) is 1. The molecule has 0 saturated heterocycles. The van der Waals surface area contributed by atoms with Crippen molar-refractivity contribution in [2.75, 3.05) is 40.9 Å². The molecule has 3 atom stereocenters. The third-order valence-electron chi connectivity index (χ3n) is 12.0. The van der Waals surface area contributed by atoms with Crippen LogP contribution in [0.25, 0.3) is 0 Å². The number of phosphoric acid groups is 1. The van der Waals surface area contributed by atoms with Crippen LogP contribution in [0.3, 0.4) is 0 Å². The Bertz CT molecular complexity index is 1240. The van der Waals surface area contributed by atoms with Crippen molar-refractivity contribution in [3.63, 3.8) is 0 Å². The second-order valence-electron chi connectivity index (χ2n) is 19.6. The zero-order valence-electron chi connectivity index (χ0n) is 43.2. The van der Waals surface area contributed by atoms with Crippen LogP contribution < -0.4 is 10.2 Å². The number of carbonyl (C=O) groups is 1. The van der Waals surface area contributed by atoms with Gasteiger partial charge in [-0.3, -0.25) is 9.36 Å². The summed E-state index contributed by atoms with van der Waals surface area (Å²) in [7, 11) is 1.22. The van der Waals surface area contributed by atoms with Crippen LogP contribution in [0.2, 0.25) is 0 Å². The van der Waals surface area contributed by atoms with E-state index in [0.717, 1.165) is 44.9 Å². The van der Waals surface area contributed by atoms with E-state index >= 15 is 0 Å². The Hall–Kier alpha value is -1.80. The first-order chi connectivity index (χ1) is 31.5. The van der Waals surface area contributed by atoms with Crippen LogP contribution in [0, 0.1) is 0 Å². The maximum Gasteiger partial charge on any atom is 0.268 e. The number of nitrogens with one attached hydrogen (secondary N) is 1. The number of allylic oxidation sites excluding steroid dienone is 9. The third-order valence-corrected chi connectivity index (χ3v) is 13.0. The van der Waals surface area contributed by atoms with Gasteiger partial charge in [0.1, 0.15) is 13.2 Å². The molecule has 380 valence electrons. The summed E-state index contributed by atoms with van der Waals surface area (Å²) in [5, 5.41) is 13.8. The number of aliphatic hydroxyl groups is 1. The van der Waals surface area contributed by atoms with Gasteiger partial charge >= 0.3 is 0 Å². The molecular weight excluding hydrogens is 828 g/mol. The molecule has 65 heavy (non-hydrogen) atoms. The first-order valence-corrected chi connectivity index (χ1v) is 28.6. The number of phosphoric ester groups is 1. The number of nitrogens with zero attached hydrogens (tertiary/aromatic N) is 1. The van der Waals surface area contributed by atoms with Crippen LogP contribution in [0.5, 0.6) is 0 Å². The number of aliphatic hydroxyl groups excluding tert-OH is 1. The van der Waals surface area contributed by atoms with E-state index in [1.807, 2.05) is 39.4 Å². The lowest BCUT2D eigenvalue weighted by Gasteiger charge is -2.29. The zero-order valence-corrected chi connectivity index (χ0v) is 44.1. The largest absolute Gasteiger partial charge is 0.756 e. The fourth-order valence-corrected chi connectivity index (χ4v) is 8.48. The van der Waals surface area contributed by atoms with Crippen LogP contribution in [-0.4, -0.2) is 68.5 Å². The minimum absolute atomic E-state index is 0.0156. The van der Waals surface area contributed by atoms with Gasteiger partial charge in [-0.05, 0) is 44.9 Å². The van der Waals surface area contributed by atoms with Gasteiger partial charge in [0, 0.05) is 6.42 Å². The number of unbranched alkanes of at least 4 members (excludes halogenated alkanes) is 28. The van der Waals surface area contributed by atoms with Gasteiger partial charge in [0.05, 0.1) is 39.9 Å². The number of hydrogen-bond acceptors (Lipinski definition) is 6. The van der Waals surface area contributed by atoms with E-state index in [-0.39, 0.29) is 18.9 Å². The quantitative estimate of drug-likeness (QED) is 0.0272. The van der Waals surface area contributed by atoms with E-state index < -0.39 is 26.6 Å². The topological polar surface area (TPSA) is 108 Å². The highest BCUT2D eigenvalue weighted by Gasteiger charge is 2.23. The summed E-state index contributed by atoms with van der Waals surface area (Å²) in [5.74, 6) is -0.277. The summed E-state index contributed by atoms with van der Waals surface area (Å²) in [4.78, 5) is 25.3. The molecule has 0 heterocycles. The van der Waals surface area contributed by atoms with Crippen molar-refractivity contribution in [1.29, 1.82) is 0 Å². The van der Waals surface area contributed by atoms with E-state index in [1.54, 1.807) is 6.08 Å². The van der Waals surface area contributed by atoms with Gasteiger partial charge in [0.15, 0.2) is 0 Å². The lowest BCUT2D eigenvalue weighted by molar-refractivity contribution is -0.870. The molecule has 8 nitrogen and oxygen atoms in total. The molecule has 0 aromatic carbocycles. The standard InChI is InChI=1S/C56H105N2O6P/c1-6-8-10-12-14-16-18-20-21-22-23-24-25-26-27-28-29-30-31-32-33-34-35-36-38-39-41-43-45-47-49-55(59)54(53-64-65(61,62)63-52-51-58(3,4)5)57-56(60)50-48-46-44-42-40-37-19-17-15-13-11-9-7-2/h9,11,15,17,37,40,44,46-47,49,54-55,59H,6-8,10,12-14,16,18-36,38-39,41-43,45,48,50-53H2,1-5H3,(H-,57,60,61,62)/b11-9-,17-15-,40-37-,46-44-,49-47+. The van der Waals surface area contributed by atoms with Crippen LogP contribution in [-0.2, 0) is 18.4 Å². The second kappa shape index (κ2) is 47.3. The summed E-state index contributed by atoms with van der Waals surface area (Å²) >= 11 is 0. The summed E-state index contributed by atoms with van der Waals surface area (Å²) < 4.78 is 23.2. The molecule has 9 heteroatoms. The first kappa shape index (κ1) is 63.2. The summed E-state index contributed by atoms with van der Waals surface area (Å²) in [5.41, 5.74) is 0. The lowest BCUT2D eigenvalue weighted by atomic mass is 10.0. The van der Waals surface area contributed by atoms with E-state index in [2.05, 4.69) is 55.6 Å². The van der Waals surface area contributed by atoms with Crippen molar-refractivity contribution in [2.24, 2.45) is 0 Å². The molecule has 3 unspecified atom stereocenters. The third kappa shape index (κ3) is 49.9. The minimum atomic E-state index is -4.61. The Balaban J connectivity index is 4.16. The fourth-order valence-electron chi connectivity index (χ4n) is 7.75. The van der Waals surface area contributed by atoms with Gasteiger partial charge in [-0.1, -0.05) is 248 Å². The Morgan fingerprint density at radius 1 is 0.554 bits per heavy atom. The highest BCUT2D eigenvalue weighted by molar-refractivity contribution is 7.45. The van der Waals surface area contributed by atoms with Crippen molar-refractivity contribution in [3.05, 3.63) is 60.8 Å². The van der Waals surface area contributed by atoms with E-state index in [1.165, 1.54) is 167 Å². The van der Waals surface area contributed by atoms with Crippen molar-refractivity contribution in [3.8, 4) is 0 Å². The monoisotopic (exact) mass is 933 g/mol. The molecule has 0 aliphatic heterocycles. The number of carbonyl (C=O) groups excluding carboxylic acids is 1. The maximum absolute atomic E-state index is 12.8. The summed E-state index contributed by atoms with van der Waals surface area (Å²) in [6.07, 6.45) is 63.3. The van der Waals surface area contributed by atoms with E-state index in [0.29, 0.717) is 17.4 Å². The van der Waals surface area contributed by atoms with Gasteiger partial charge in [-0.25, -0.2) is 0 Å². The van der Waals surface area contributed by atoms with Crippen molar-refractivity contribution >= 4 is 13.7 Å². The number of hydrogen-bond donors (Lipinski definition) is 2. The average molecular weight is 933 g/mol. The van der Waals surface area contributed by atoms with Crippen LogP contribution in [0.1, 0.15) is 239 Å². The van der Waals surface area contributed by atoms with Crippen molar-refractivity contribution in [2.45, 2.75) is 251 Å². The highest BCUT2D eigenvalue weighted by Crippen LogP contribution is 2.38. The van der Waals surface area contributed by atoms with Crippen LogP contribution in [0.15, 0.2) is 60.8 Å². The Morgan fingerprint density at radius 2 is 0.938 bits per heavy atom. The molecule has 0 saturated carbocycles. The lowest BCUT2D eigenvalue weighted by Crippen LogP contribution is -2.45. The van der Waals surface area contributed by atoms with Crippen LogP contribution >= 0.6 is 7.82 Å². The second-order valence-corrected chi connectivity index (χ2v) is 21.0. The van der Waals surface area contributed by atoms with Crippen molar-refractivity contribution < 1.29 is 32.9 Å². The summed E-state index contributed by atoms with van der Waals surface area (Å²) in [6.45, 7) is 4.48. The minimum Gasteiger partial charge on any atom is -0.756 e. The molecule has 1 amide bonds. The Morgan fingerprint density at radius 3 is 1.34 bits per heavy atom. The molecule has 0 fully saturated rings. The molecule has 0 rings (SSSR count). The molecular formula is C56H105N2O6P. The number of amides is 1. The molecule has 0 spiro atoms. The number of quaternary nitrogens is 1. The number of rotatable bonds is 49. The Kier molecular flexibility index (Phi) is 46.0. The van der Waals surface area contributed by atoms with Crippen molar-refractivity contribution in [1.82, 2.24) is 5.32 Å². The van der Waals surface area contributed by atoms with Gasteiger partial charge in [0.2, 0.25) is 5.91 Å². The molecule has 0 radical (unpaired) electrons. The van der Waals surface area contributed by atoms with Crippen LogP contribution in [0.4, 0.5) is 0 Å². The fraction of sp³-hybridized carbons (Fsp3) is 0.804. The predicted octanol–water partition coefficient (Wildman–Crippen LogP) is 15.5. The predicted molar refractivity (Wildman–Crippen MR) is 279 cm³/mol. The molecule has 0 bridgehead atoms. The normalized spacial score (nSPS) is 14.5. The molecule has 2 N–H and O–H groups in total.